The number of ether oxygens (including phenoxy) is 2. The molecule has 1 amide bonds. The van der Waals surface area contributed by atoms with Crippen LogP contribution in [0.5, 0.6) is 5.75 Å². The van der Waals surface area contributed by atoms with Crippen molar-refractivity contribution in [2.24, 2.45) is 0 Å². The van der Waals surface area contributed by atoms with Gasteiger partial charge in [-0.05, 0) is 52.7 Å². The molecule has 1 atom stereocenters. The van der Waals surface area contributed by atoms with Crippen molar-refractivity contribution in [2.75, 3.05) is 26.7 Å². The highest BCUT2D eigenvalue weighted by Gasteiger charge is 2.25. The molecule has 2 heterocycles. The van der Waals surface area contributed by atoms with Crippen molar-refractivity contribution in [3.05, 3.63) is 34.7 Å². The maximum atomic E-state index is 12.6. The van der Waals surface area contributed by atoms with Gasteiger partial charge in [-0.25, -0.2) is 9.78 Å². The fourth-order valence-electron chi connectivity index (χ4n) is 3.84. The van der Waals surface area contributed by atoms with E-state index in [4.69, 9.17) is 9.47 Å². The van der Waals surface area contributed by atoms with Crippen LogP contribution in [0.25, 0.3) is 11.0 Å². The number of nitrogens with one attached hydrogen (secondary N) is 1. The van der Waals surface area contributed by atoms with E-state index in [1.54, 1.807) is 11.7 Å². The first-order valence-electron chi connectivity index (χ1n) is 10.4. The third-order valence-corrected chi connectivity index (χ3v) is 5.24. The van der Waals surface area contributed by atoms with Crippen molar-refractivity contribution in [3.63, 3.8) is 0 Å². The fourth-order valence-corrected chi connectivity index (χ4v) is 3.84. The summed E-state index contributed by atoms with van der Waals surface area (Å²) in [4.78, 5) is 31.1. The van der Waals surface area contributed by atoms with Gasteiger partial charge in [0.2, 0.25) is 0 Å². The van der Waals surface area contributed by atoms with Gasteiger partial charge in [0.25, 0.3) is 5.56 Å². The number of rotatable bonds is 5. The Morgan fingerprint density at radius 3 is 2.63 bits per heavy atom. The minimum absolute atomic E-state index is 0.0308. The van der Waals surface area contributed by atoms with Crippen LogP contribution in [-0.2, 0) is 4.74 Å². The van der Waals surface area contributed by atoms with E-state index in [1.165, 1.54) is 6.20 Å². The number of nitrogens with zero attached hydrogens (tertiary/aromatic N) is 3. The number of piperidine rings is 1. The molecule has 0 bridgehead atoms. The van der Waals surface area contributed by atoms with Gasteiger partial charge in [0, 0.05) is 37.3 Å². The summed E-state index contributed by atoms with van der Waals surface area (Å²) in [5.74, 6) is 0.697. The molecule has 30 heavy (non-hydrogen) atoms. The van der Waals surface area contributed by atoms with Crippen molar-refractivity contribution in [3.8, 4) is 5.75 Å². The predicted molar refractivity (Wildman–Crippen MR) is 116 cm³/mol. The monoisotopic (exact) mass is 416 g/mol. The Kier molecular flexibility index (Phi) is 6.65. The van der Waals surface area contributed by atoms with E-state index in [1.807, 2.05) is 45.9 Å². The lowest BCUT2D eigenvalue weighted by molar-refractivity contribution is 0.0442. The summed E-state index contributed by atoms with van der Waals surface area (Å²) in [7, 11) is 1.61. The second-order valence-electron chi connectivity index (χ2n) is 8.95. The molecule has 1 aliphatic heterocycles. The van der Waals surface area contributed by atoms with Crippen LogP contribution < -0.4 is 15.6 Å². The fraction of sp³-hybridized carbons (Fsp3) is 0.591. The Balaban J connectivity index is 1.63. The molecule has 0 radical (unpaired) electrons. The zero-order valence-electron chi connectivity index (χ0n) is 18.5. The van der Waals surface area contributed by atoms with Crippen LogP contribution in [0.3, 0.4) is 0 Å². The average molecular weight is 417 g/mol. The Morgan fingerprint density at radius 2 is 2.00 bits per heavy atom. The first-order chi connectivity index (χ1) is 14.2. The molecule has 1 aliphatic rings. The lowest BCUT2D eigenvalue weighted by Gasteiger charge is -2.34. The smallest absolute Gasteiger partial charge is 0.407 e. The van der Waals surface area contributed by atoms with Crippen LogP contribution in [0, 0.1) is 0 Å². The lowest BCUT2D eigenvalue weighted by Crippen LogP contribution is -2.45. The molecule has 1 unspecified atom stereocenters. The highest BCUT2D eigenvalue weighted by atomic mass is 16.6. The lowest BCUT2D eigenvalue weighted by atomic mass is 10.1. The molecule has 1 aromatic heterocycles. The van der Waals surface area contributed by atoms with Crippen LogP contribution in [0.15, 0.2) is 29.2 Å². The number of hydrogen-bond acceptors (Lipinski definition) is 6. The summed E-state index contributed by atoms with van der Waals surface area (Å²) in [6.45, 7) is 10.2. The highest BCUT2D eigenvalue weighted by molar-refractivity contribution is 5.76. The van der Waals surface area contributed by atoms with Crippen LogP contribution in [0.2, 0.25) is 0 Å². The SMILES string of the molecule is COc1ccc2ncc(=O)n(C(C)CN3CCC(OC(=O)NC(C)(C)C)CC3)c2c1. The van der Waals surface area contributed by atoms with Gasteiger partial charge in [0.15, 0.2) is 0 Å². The van der Waals surface area contributed by atoms with Gasteiger partial charge >= 0.3 is 6.09 Å². The van der Waals surface area contributed by atoms with Gasteiger partial charge < -0.3 is 24.3 Å². The molecule has 8 nitrogen and oxygen atoms in total. The number of methoxy groups -OCH3 is 1. The van der Waals surface area contributed by atoms with E-state index in [-0.39, 0.29) is 29.3 Å². The summed E-state index contributed by atoms with van der Waals surface area (Å²) in [6, 6.07) is 5.53. The number of benzene rings is 1. The van der Waals surface area contributed by atoms with Gasteiger partial charge in [-0.1, -0.05) is 0 Å². The van der Waals surface area contributed by atoms with E-state index in [0.717, 1.165) is 43.5 Å². The molecular weight excluding hydrogens is 384 g/mol. The third kappa shape index (κ3) is 5.50. The number of aromatic nitrogens is 2. The molecule has 1 saturated heterocycles. The molecule has 0 saturated carbocycles. The molecule has 3 rings (SSSR count). The van der Waals surface area contributed by atoms with Crippen LogP contribution >= 0.6 is 0 Å². The second-order valence-corrected chi connectivity index (χ2v) is 8.95. The average Bonchev–Trinajstić information content (AvgIpc) is 2.67. The molecule has 1 fully saturated rings. The quantitative estimate of drug-likeness (QED) is 0.807. The van der Waals surface area contributed by atoms with E-state index in [9.17, 15) is 9.59 Å². The van der Waals surface area contributed by atoms with Crippen LogP contribution in [0.1, 0.15) is 46.6 Å². The minimum atomic E-state index is -0.363. The number of hydrogen-bond donors (Lipinski definition) is 1. The summed E-state index contributed by atoms with van der Waals surface area (Å²) in [5.41, 5.74) is 1.10. The van der Waals surface area contributed by atoms with Gasteiger partial charge in [0.05, 0.1) is 24.3 Å². The first kappa shape index (κ1) is 22.1. The van der Waals surface area contributed by atoms with E-state index >= 15 is 0 Å². The van der Waals surface area contributed by atoms with Crippen molar-refractivity contribution in [1.82, 2.24) is 19.8 Å². The summed E-state index contributed by atoms with van der Waals surface area (Å²) in [6.07, 6.45) is 2.50. The molecule has 1 N–H and O–H groups in total. The van der Waals surface area contributed by atoms with Crippen LogP contribution in [0.4, 0.5) is 4.79 Å². The van der Waals surface area contributed by atoms with Crippen LogP contribution in [-0.4, -0.2) is 58.9 Å². The van der Waals surface area contributed by atoms with E-state index < -0.39 is 0 Å². The number of fused-ring (bicyclic) bond motifs is 1. The second kappa shape index (κ2) is 9.04. The zero-order valence-corrected chi connectivity index (χ0v) is 18.5. The molecule has 8 heteroatoms. The van der Waals surface area contributed by atoms with Gasteiger partial charge in [0.1, 0.15) is 11.9 Å². The molecule has 0 spiro atoms. The summed E-state index contributed by atoms with van der Waals surface area (Å²) >= 11 is 0. The molecule has 164 valence electrons. The van der Waals surface area contributed by atoms with Crippen molar-refractivity contribution < 1.29 is 14.3 Å². The molecular formula is C22H32N4O4. The third-order valence-electron chi connectivity index (χ3n) is 5.24. The highest BCUT2D eigenvalue weighted by Crippen LogP contribution is 2.22. The van der Waals surface area contributed by atoms with Gasteiger partial charge in [-0.3, -0.25) is 4.79 Å². The predicted octanol–water partition coefficient (Wildman–Crippen LogP) is 2.96. The zero-order chi connectivity index (χ0) is 21.9. The van der Waals surface area contributed by atoms with E-state index in [0.29, 0.717) is 5.75 Å². The number of likely N-dealkylation sites (tertiary alicyclic amines) is 1. The molecule has 1 aromatic carbocycles. The molecule has 0 aliphatic carbocycles. The number of carbonyl (C=O) groups excluding carboxylic acids is 1. The number of alkyl carbamates (subject to hydrolysis) is 1. The topological polar surface area (TPSA) is 85.7 Å². The largest absolute Gasteiger partial charge is 0.497 e. The Labute approximate surface area is 177 Å². The standard InChI is InChI=1S/C22H32N4O4/c1-15(26-19-12-17(29-5)6-7-18(19)23-13-20(26)27)14-25-10-8-16(9-11-25)30-21(28)24-22(2,3)4/h6-7,12-13,15-16H,8-11,14H2,1-5H3,(H,24,28). The Morgan fingerprint density at radius 1 is 1.30 bits per heavy atom. The molecule has 2 aromatic rings. The van der Waals surface area contributed by atoms with E-state index in [2.05, 4.69) is 15.2 Å². The normalized spacial score (nSPS) is 17.0. The maximum absolute atomic E-state index is 12.6. The summed E-state index contributed by atoms with van der Waals surface area (Å²) in [5, 5.41) is 2.83. The number of carbonyl (C=O) groups is 1. The van der Waals surface area contributed by atoms with Crippen molar-refractivity contribution in [2.45, 2.75) is 58.2 Å². The maximum Gasteiger partial charge on any atom is 0.407 e. The van der Waals surface area contributed by atoms with Crippen molar-refractivity contribution >= 4 is 17.1 Å². The van der Waals surface area contributed by atoms with Gasteiger partial charge in [-0.2, -0.15) is 0 Å². The van der Waals surface area contributed by atoms with Gasteiger partial charge in [-0.15, -0.1) is 0 Å². The minimum Gasteiger partial charge on any atom is -0.497 e. The number of amides is 1. The Hall–Kier alpha value is -2.61. The summed E-state index contributed by atoms with van der Waals surface area (Å²) < 4.78 is 12.7. The Bertz CT molecular complexity index is 942. The van der Waals surface area contributed by atoms with Crippen molar-refractivity contribution in [1.29, 1.82) is 0 Å². The first-order valence-corrected chi connectivity index (χ1v) is 10.4.